The number of fused-ring (bicyclic) bond motifs is 1. The molecule has 1 N–H and O–H groups in total. The molecular weight excluding hydrogens is 184 g/mol. The fourth-order valence-electron chi connectivity index (χ4n) is 1.94. The second kappa shape index (κ2) is 3.46. The second-order valence-electron chi connectivity index (χ2n) is 3.44. The predicted molar refractivity (Wildman–Crippen MR) is 47.9 cm³/mol. The summed E-state index contributed by atoms with van der Waals surface area (Å²) in [5.41, 5.74) is 0.507. The maximum Gasteiger partial charge on any atom is 0.337 e. The number of aliphatic hydroxyl groups excluding tert-OH is 1. The molecule has 2 aliphatic rings. The van der Waals surface area contributed by atoms with E-state index in [4.69, 9.17) is 4.74 Å². The third-order valence-electron chi connectivity index (χ3n) is 2.70. The van der Waals surface area contributed by atoms with Crippen LogP contribution in [0.25, 0.3) is 0 Å². The highest BCUT2D eigenvalue weighted by atomic mass is 16.6. The van der Waals surface area contributed by atoms with E-state index < -0.39 is 6.29 Å². The molecule has 76 valence electrons. The molecule has 1 aliphatic carbocycles. The minimum absolute atomic E-state index is 0.00574. The Kier molecular flexibility index (Phi) is 2.29. The van der Waals surface area contributed by atoms with Crippen molar-refractivity contribution >= 4 is 5.97 Å². The topological polar surface area (TPSA) is 55.8 Å². The number of rotatable bonds is 1. The van der Waals surface area contributed by atoms with E-state index >= 15 is 0 Å². The summed E-state index contributed by atoms with van der Waals surface area (Å²) < 4.78 is 9.61. The Morgan fingerprint density at radius 1 is 1.71 bits per heavy atom. The molecule has 0 amide bonds. The fourth-order valence-corrected chi connectivity index (χ4v) is 1.94. The van der Waals surface area contributed by atoms with Crippen molar-refractivity contribution in [2.75, 3.05) is 7.11 Å². The van der Waals surface area contributed by atoms with Gasteiger partial charge in [0.25, 0.3) is 0 Å². The molecule has 0 saturated heterocycles. The van der Waals surface area contributed by atoms with E-state index in [-0.39, 0.29) is 17.8 Å². The first-order valence-corrected chi connectivity index (χ1v) is 4.52. The Labute approximate surface area is 81.8 Å². The Bertz CT molecular complexity index is 305. The SMILES string of the molecule is COC(=O)C1=COC(O)C2C=CCC12. The first kappa shape index (κ1) is 9.27. The number of methoxy groups -OCH3 is 1. The zero-order valence-corrected chi connectivity index (χ0v) is 7.84. The summed E-state index contributed by atoms with van der Waals surface area (Å²) in [5, 5.41) is 9.48. The van der Waals surface area contributed by atoms with E-state index in [0.29, 0.717) is 5.57 Å². The van der Waals surface area contributed by atoms with E-state index in [0.717, 1.165) is 6.42 Å². The summed E-state index contributed by atoms with van der Waals surface area (Å²) in [6.07, 6.45) is 5.05. The van der Waals surface area contributed by atoms with Crippen LogP contribution >= 0.6 is 0 Å². The van der Waals surface area contributed by atoms with Crippen LogP contribution in [0.3, 0.4) is 0 Å². The van der Waals surface area contributed by atoms with Crippen molar-refractivity contribution in [3.8, 4) is 0 Å². The summed E-state index contributed by atoms with van der Waals surface area (Å²) in [6, 6.07) is 0. The highest BCUT2D eigenvalue weighted by Gasteiger charge is 2.39. The van der Waals surface area contributed by atoms with E-state index in [1.54, 1.807) is 0 Å². The van der Waals surface area contributed by atoms with Crippen LogP contribution in [0, 0.1) is 11.8 Å². The van der Waals surface area contributed by atoms with Crippen LogP contribution in [0.1, 0.15) is 6.42 Å². The molecule has 2 rings (SSSR count). The molecule has 0 bridgehead atoms. The Morgan fingerprint density at radius 3 is 3.21 bits per heavy atom. The highest BCUT2D eigenvalue weighted by molar-refractivity contribution is 5.89. The molecule has 1 heterocycles. The summed E-state index contributed by atoms with van der Waals surface area (Å²) >= 11 is 0. The lowest BCUT2D eigenvalue weighted by molar-refractivity contribution is -0.141. The zero-order chi connectivity index (χ0) is 10.1. The van der Waals surface area contributed by atoms with Gasteiger partial charge in [-0.25, -0.2) is 4.79 Å². The van der Waals surface area contributed by atoms with Gasteiger partial charge < -0.3 is 14.6 Å². The minimum atomic E-state index is -0.841. The molecule has 0 radical (unpaired) electrons. The van der Waals surface area contributed by atoms with Gasteiger partial charge in [0.15, 0.2) is 0 Å². The number of esters is 1. The fraction of sp³-hybridized carbons (Fsp3) is 0.500. The smallest absolute Gasteiger partial charge is 0.337 e. The number of aliphatic hydroxyl groups is 1. The Hall–Kier alpha value is -1.29. The predicted octanol–water partition coefficient (Wildman–Crippen LogP) is 0.584. The average Bonchev–Trinajstić information content (AvgIpc) is 2.67. The van der Waals surface area contributed by atoms with Crippen molar-refractivity contribution in [2.24, 2.45) is 11.8 Å². The maximum absolute atomic E-state index is 11.3. The molecule has 0 saturated carbocycles. The van der Waals surface area contributed by atoms with Crippen LogP contribution < -0.4 is 0 Å². The molecule has 1 aliphatic heterocycles. The summed E-state index contributed by atoms with van der Waals surface area (Å²) in [6.45, 7) is 0. The van der Waals surface area contributed by atoms with Crippen LogP contribution in [0.15, 0.2) is 24.0 Å². The van der Waals surface area contributed by atoms with E-state index in [1.807, 2.05) is 12.2 Å². The first-order chi connectivity index (χ1) is 6.74. The van der Waals surface area contributed by atoms with Gasteiger partial charge in [-0.3, -0.25) is 0 Å². The van der Waals surface area contributed by atoms with Gasteiger partial charge in [0.2, 0.25) is 6.29 Å². The first-order valence-electron chi connectivity index (χ1n) is 4.52. The van der Waals surface area contributed by atoms with Crippen LogP contribution in [0.4, 0.5) is 0 Å². The number of ether oxygens (including phenoxy) is 2. The number of hydrogen-bond donors (Lipinski definition) is 1. The molecule has 4 nitrogen and oxygen atoms in total. The monoisotopic (exact) mass is 196 g/mol. The third-order valence-corrected chi connectivity index (χ3v) is 2.70. The van der Waals surface area contributed by atoms with Crippen LogP contribution in [0.5, 0.6) is 0 Å². The lowest BCUT2D eigenvalue weighted by Gasteiger charge is -2.29. The zero-order valence-electron chi connectivity index (χ0n) is 7.84. The molecule has 0 aromatic heterocycles. The van der Waals surface area contributed by atoms with Crippen molar-refractivity contribution in [3.05, 3.63) is 24.0 Å². The molecule has 0 aromatic rings. The molecule has 3 unspecified atom stereocenters. The van der Waals surface area contributed by atoms with Gasteiger partial charge in [-0.15, -0.1) is 0 Å². The lowest BCUT2D eigenvalue weighted by Crippen LogP contribution is -2.33. The number of carbonyl (C=O) groups excluding carboxylic acids is 1. The van der Waals surface area contributed by atoms with E-state index in [9.17, 15) is 9.90 Å². The third kappa shape index (κ3) is 1.32. The summed E-state index contributed by atoms with van der Waals surface area (Å²) in [5.74, 6) is -0.490. The summed E-state index contributed by atoms with van der Waals surface area (Å²) in [4.78, 5) is 11.3. The van der Waals surface area contributed by atoms with Crippen molar-refractivity contribution in [1.82, 2.24) is 0 Å². The Balaban J connectivity index is 2.23. The van der Waals surface area contributed by atoms with Crippen molar-refractivity contribution in [3.63, 3.8) is 0 Å². The second-order valence-corrected chi connectivity index (χ2v) is 3.44. The van der Waals surface area contributed by atoms with Crippen LogP contribution in [0.2, 0.25) is 0 Å². The van der Waals surface area contributed by atoms with E-state index in [1.165, 1.54) is 13.4 Å². The van der Waals surface area contributed by atoms with Gasteiger partial charge in [-0.05, 0) is 6.42 Å². The van der Waals surface area contributed by atoms with Gasteiger partial charge in [0.1, 0.15) is 0 Å². The minimum Gasteiger partial charge on any atom is -0.472 e. The number of carbonyl (C=O) groups is 1. The van der Waals surface area contributed by atoms with Gasteiger partial charge in [0, 0.05) is 11.8 Å². The number of hydrogen-bond acceptors (Lipinski definition) is 4. The van der Waals surface area contributed by atoms with Gasteiger partial charge >= 0.3 is 5.97 Å². The molecule has 0 aromatic carbocycles. The molecular formula is C10H12O4. The van der Waals surface area contributed by atoms with Crippen molar-refractivity contribution < 1.29 is 19.4 Å². The van der Waals surface area contributed by atoms with Crippen molar-refractivity contribution in [2.45, 2.75) is 12.7 Å². The van der Waals surface area contributed by atoms with Gasteiger partial charge in [-0.2, -0.15) is 0 Å². The largest absolute Gasteiger partial charge is 0.472 e. The lowest BCUT2D eigenvalue weighted by atomic mass is 9.86. The molecule has 0 fully saturated rings. The molecule has 0 spiro atoms. The standard InChI is InChI=1S/C10H12O4/c1-13-9(11)8-5-14-10(12)7-4-2-3-6(7)8/h2,4-7,10,12H,3H2,1H3. The molecule has 4 heteroatoms. The van der Waals surface area contributed by atoms with Gasteiger partial charge in [-0.1, -0.05) is 12.2 Å². The molecule has 3 atom stereocenters. The molecule has 14 heavy (non-hydrogen) atoms. The van der Waals surface area contributed by atoms with E-state index in [2.05, 4.69) is 4.74 Å². The summed E-state index contributed by atoms with van der Waals surface area (Å²) in [7, 11) is 1.34. The Morgan fingerprint density at radius 2 is 2.50 bits per heavy atom. The van der Waals surface area contributed by atoms with Crippen LogP contribution in [-0.4, -0.2) is 24.5 Å². The average molecular weight is 196 g/mol. The van der Waals surface area contributed by atoms with Gasteiger partial charge in [0.05, 0.1) is 18.9 Å². The normalized spacial score (nSPS) is 34.4. The highest BCUT2D eigenvalue weighted by Crippen LogP contribution is 2.37. The quantitative estimate of drug-likeness (QED) is 0.492. The maximum atomic E-state index is 11.3. The van der Waals surface area contributed by atoms with Crippen LogP contribution in [-0.2, 0) is 14.3 Å². The van der Waals surface area contributed by atoms with Crippen molar-refractivity contribution in [1.29, 1.82) is 0 Å². The number of allylic oxidation sites excluding steroid dienone is 1.